The Kier molecular flexibility index (Phi) is 6.89. The Hall–Kier alpha value is -1.06. The summed E-state index contributed by atoms with van der Waals surface area (Å²) >= 11 is 0. The lowest BCUT2D eigenvalue weighted by Gasteiger charge is -2.23. The van der Waals surface area contributed by atoms with Crippen molar-refractivity contribution in [1.82, 2.24) is 10.2 Å². The summed E-state index contributed by atoms with van der Waals surface area (Å²) in [5.41, 5.74) is 0. The molecule has 1 aromatic heterocycles. The van der Waals surface area contributed by atoms with Crippen molar-refractivity contribution in [2.75, 3.05) is 13.1 Å². The molecule has 0 aromatic carbocycles. The fourth-order valence-corrected chi connectivity index (χ4v) is 1.91. The van der Waals surface area contributed by atoms with Crippen LogP contribution in [0.4, 0.5) is 0 Å². The van der Waals surface area contributed by atoms with E-state index in [-0.39, 0.29) is 0 Å². The second-order valence-electron chi connectivity index (χ2n) is 5.70. The maximum Gasteiger partial charge on any atom is 0.118 e. The quantitative estimate of drug-likeness (QED) is 0.693. The largest absolute Gasteiger partial charge is 0.463 e. The summed E-state index contributed by atoms with van der Waals surface area (Å²) in [6.07, 6.45) is 1.94. The number of hydrogen-bond acceptors (Lipinski definition) is 3. The normalized spacial score (nSPS) is 11.7. The highest BCUT2D eigenvalue weighted by atomic mass is 16.3. The summed E-state index contributed by atoms with van der Waals surface area (Å²) in [6, 6.07) is 4.63. The molecule has 0 fully saturated rings. The lowest BCUT2D eigenvalue weighted by Crippen LogP contribution is -2.30. The number of furan rings is 1. The van der Waals surface area contributed by atoms with Gasteiger partial charge in [0.15, 0.2) is 0 Å². The van der Waals surface area contributed by atoms with Crippen LogP contribution in [0.15, 0.2) is 29.2 Å². The summed E-state index contributed by atoms with van der Waals surface area (Å²) in [6.45, 7) is 16.2. The molecule has 0 aliphatic heterocycles. The topological polar surface area (TPSA) is 28.4 Å². The Morgan fingerprint density at radius 1 is 1.26 bits per heavy atom. The first kappa shape index (κ1) is 16.0. The van der Waals surface area contributed by atoms with E-state index in [1.807, 2.05) is 6.08 Å². The van der Waals surface area contributed by atoms with Gasteiger partial charge in [-0.15, -0.1) is 6.58 Å². The van der Waals surface area contributed by atoms with Crippen LogP contribution in [0.3, 0.4) is 0 Å². The zero-order valence-electron chi connectivity index (χ0n) is 12.8. The average Bonchev–Trinajstić information content (AvgIpc) is 2.75. The predicted molar refractivity (Wildman–Crippen MR) is 81.0 cm³/mol. The van der Waals surface area contributed by atoms with Crippen LogP contribution in [-0.2, 0) is 13.1 Å². The molecular formula is C16H28N2O. The highest BCUT2D eigenvalue weighted by Crippen LogP contribution is 2.12. The molecular weight excluding hydrogens is 236 g/mol. The molecule has 1 N–H and O–H groups in total. The molecule has 0 spiro atoms. The molecule has 0 unspecified atom stereocenters. The van der Waals surface area contributed by atoms with E-state index in [2.05, 4.69) is 56.6 Å². The van der Waals surface area contributed by atoms with Crippen LogP contribution >= 0.6 is 0 Å². The first-order chi connectivity index (χ1) is 9.02. The molecule has 0 aliphatic carbocycles. The Balaban J connectivity index is 2.46. The smallest absolute Gasteiger partial charge is 0.118 e. The second kappa shape index (κ2) is 8.18. The molecule has 0 saturated heterocycles. The summed E-state index contributed by atoms with van der Waals surface area (Å²) in [5.74, 6) is 2.70. The summed E-state index contributed by atoms with van der Waals surface area (Å²) < 4.78 is 5.85. The number of nitrogens with one attached hydrogen (secondary N) is 1. The van der Waals surface area contributed by atoms with E-state index in [0.29, 0.717) is 12.0 Å². The SMILES string of the molecule is C=CCN(Cc1ccc(CNCC(C)C)o1)C(C)C. The second-order valence-corrected chi connectivity index (χ2v) is 5.70. The molecule has 0 bridgehead atoms. The van der Waals surface area contributed by atoms with Gasteiger partial charge in [-0.05, 0) is 38.4 Å². The minimum absolute atomic E-state index is 0.491. The van der Waals surface area contributed by atoms with Gasteiger partial charge in [0, 0.05) is 12.6 Å². The molecule has 19 heavy (non-hydrogen) atoms. The van der Waals surface area contributed by atoms with E-state index in [0.717, 1.165) is 37.7 Å². The van der Waals surface area contributed by atoms with Gasteiger partial charge in [-0.2, -0.15) is 0 Å². The zero-order chi connectivity index (χ0) is 14.3. The molecule has 0 amide bonds. The fourth-order valence-electron chi connectivity index (χ4n) is 1.91. The van der Waals surface area contributed by atoms with E-state index < -0.39 is 0 Å². The molecule has 3 heteroatoms. The Morgan fingerprint density at radius 2 is 1.95 bits per heavy atom. The maximum absolute atomic E-state index is 5.85. The minimum atomic E-state index is 0.491. The first-order valence-electron chi connectivity index (χ1n) is 7.16. The van der Waals surface area contributed by atoms with Gasteiger partial charge in [-0.3, -0.25) is 4.90 Å². The van der Waals surface area contributed by atoms with Crippen molar-refractivity contribution in [3.63, 3.8) is 0 Å². The van der Waals surface area contributed by atoms with Gasteiger partial charge in [-0.25, -0.2) is 0 Å². The summed E-state index contributed by atoms with van der Waals surface area (Å²) in [4.78, 5) is 2.33. The van der Waals surface area contributed by atoms with Crippen molar-refractivity contribution < 1.29 is 4.42 Å². The van der Waals surface area contributed by atoms with E-state index in [4.69, 9.17) is 4.42 Å². The van der Waals surface area contributed by atoms with E-state index in [1.54, 1.807) is 0 Å². The first-order valence-corrected chi connectivity index (χ1v) is 7.16. The number of hydrogen-bond donors (Lipinski definition) is 1. The van der Waals surface area contributed by atoms with E-state index in [9.17, 15) is 0 Å². The van der Waals surface area contributed by atoms with Crippen molar-refractivity contribution in [1.29, 1.82) is 0 Å². The third-order valence-electron chi connectivity index (χ3n) is 3.02. The highest BCUT2D eigenvalue weighted by Gasteiger charge is 2.11. The Labute approximate surface area is 117 Å². The van der Waals surface area contributed by atoms with Crippen molar-refractivity contribution >= 4 is 0 Å². The lowest BCUT2D eigenvalue weighted by molar-refractivity contribution is 0.216. The van der Waals surface area contributed by atoms with Crippen LogP contribution in [0.1, 0.15) is 39.2 Å². The van der Waals surface area contributed by atoms with Crippen LogP contribution in [0.25, 0.3) is 0 Å². The van der Waals surface area contributed by atoms with Gasteiger partial charge in [-0.1, -0.05) is 19.9 Å². The van der Waals surface area contributed by atoms with Crippen molar-refractivity contribution in [3.05, 3.63) is 36.3 Å². The zero-order valence-corrected chi connectivity index (χ0v) is 12.8. The minimum Gasteiger partial charge on any atom is -0.463 e. The van der Waals surface area contributed by atoms with Crippen LogP contribution in [0.2, 0.25) is 0 Å². The Morgan fingerprint density at radius 3 is 2.53 bits per heavy atom. The van der Waals surface area contributed by atoms with Crippen LogP contribution in [-0.4, -0.2) is 24.0 Å². The summed E-state index contributed by atoms with van der Waals surface area (Å²) in [5, 5.41) is 3.39. The van der Waals surface area contributed by atoms with Crippen molar-refractivity contribution in [3.8, 4) is 0 Å². The summed E-state index contributed by atoms with van der Waals surface area (Å²) in [7, 11) is 0. The molecule has 0 aliphatic rings. The predicted octanol–water partition coefficient (Wildman–Crippen LogP) is 3.42. The third kappa shape index (κ3) is 6.08. The van der Waals surface area contributed by atoms with Gasteiger partial charge in [0.1, 0.15) is 11.5 Å². The van der Waals surface area contributed by atoms with Gasteiger partial charge >= 0.3 is 0 Å². The standard InChI is InChI=1S/C16H28N2O/c1-6-9-18(14(4)5)12-16-8-7-15(19-16)11-17-10-13(2)3/h6-8,13-14,17H,1,9-12H2,2-5H3. The molecule has 1 rings (SSSR count). The van der Waals surface area contributed by atoms with Gasteiger partial charge in [0.05, 0.1) is 13.1 Å². The number of rotatable bonds is 9. The molecule has 0 radical (unpaired) electrons. The van der Waals surface area contributed by atoms with Crippen LogP contribution in [0.5, 0.6) is 0 Å². The molecule has 108 valence electrons. The molecule has 1 heterocycles. The van der Waals surface area contributed by atoms with Crippen LogP contribution in [0, 0.1) is 5.92 Å². The molecule has 0 saturated carbocycles. The van der Waals surface area contributed by atoms with Gasteiger partial charge in [0.25, 0.3) is 0 Å². The van der Waals surface area contributed by atoms with Gasteiger partial charge < -0.3 is 9.73 Å². The van der Waals surface area contributed by atoms with E-state index >= 15 is 0 Å². The lowest BCUT2D eigenvalue weighted by atomic mass is 10.2. The molecule has 1 aromatic rings. The van der Waals surface area contributed by atoms with Crippen LogP contribution < -0.4 is 5.32 Å². The third-order valence-corrected chi connectivity index (χ3v) is 3.02. The Bertz CT molecular complexity index is 369. The van der Waals surface area contributed by atoms with Crippen molar-refractivity contribution in [2.45, 2.75) is 46.8 Å². The number of nitrogens with zero attached hydrogens (tertiary/aromatic N) is 1. The maximum atomic E-state index is 5.85. The monoisotopic (exact) mass is 264 g/mol. The van der Waals surface area contributed by atoms with Crippen molar-refractivity contribution in [2.24, 2.45) is 5.92 Å². The average molecular weight is 264 g/mol. The molecule has 0 atom stereocenters. The van der Waals surface area contributed by atoms with Gasteiger partial charge in [0.2, 0.25) is 0 Å². The van der Waals surface area contributed by atoms with E-state index in [1.165, 1.54) is 0 Å². The molecule has 3 nitrogen and oxygen atoms in total. The highest BCUT2D eigenvalue weighted by molar-refractivity contribution is 5.07. The fraction of sp³-hybridized carbons (Fsp3) is 0.625.